The summed E-state index contributed by atoms with van der Waals surface area (Å²) in [5.41, 5.74) is 2.10. The van der Waals surface area contributed by atoms with Crippen molar-refractivity contribution < 1.29 is 9.13 Å². The van der Waals surface area contributed by atoms with Gasteiger partial charge in [0, 0.05) is 10.7 Å². The zero-order valence-electron chi connectivity index (χ0n) is 12.9. The van der Waals surface area contributed by atoms with E-state index in [1.54, 1.807) is 18.2 Å². The minimum atomic E-state index is -0.637. The van der Waals surface area contributed by atoms with Gasteiger partial charge in [0.2, 0.25) is 11.1 Å². The molecule has 4 N–H and O–H groups in total. The van der Waals surface area contributed by atoms with Gasteiger partial charge >= 0.3 is 0 Å². The lowest BCUT2D eigenvalue weighted by Gasteiger charge is -2.16. The Bertz CT molecular complexity index is 1000. The summed E-state index contributed by atoms with van der Waals surface area (Å²) in [6.45, 7) is 1.82. The first-order valence-corrected chi connectivity index (χ1v) is 7.92. The summed E-state index contributed by atoms with van der Waals surface area (Å²) >= 11 is 9.66. The molecule has 0 aliphatic carbocycles. The third kappa shape index (κ3) is 3.45. The normalized spacial score (nSPS) is 10.7. The van der Waals surface area contributed by atoms with Gasteiger partial charge < -0.3 is 15.0 Å². The molecule has 0 atom stereocenters. The van der Waals surface area contributed by atoms with Gasteiger partial charge in [-0.3, -0.25) is 10.8 Å². The lowest BCUT2D eigenvalue weighted by atomic mass is 10.1. The highest BCUT2D eigenvalue weighted by Crippen LogP contribution is 2.32. The Balaban J connectivity index is 2.15. The monoisotopic (exact) mass is 377 g/mol. The number of H-pyrrole nitrogens is 1. The second kappa shape index (κ2) is 6.73. The number of aromatic amines is 1. The molecule has 3 rings (SSSR count). The summed E-state index contributed by atoms with van der Waals surface area (Å²) in [5, 5.41) is 18.3. The van der Waals surface area contributed by atoms with Crippen molar-refractivity contribution in [3.05, 3.63) is 52.6 Å². The fourth-order valence-electron chi connectivity index (χ4n) is 2.40. The van der Waals surface area contributed by atoms with Crippen molar-refractivity contribution >= 4 is 57.8 Å². The average Bonchev–Trinajstić information content (AvgIpc) is 3.00. The Morgan fingerprint density at radius 1 is 1.36 bits per heavy atom. The van der Waals surface area contributed by atoms with Crippen molar-refractivity contribution in [3.63, 3.8) is 0 Å². The van der Waals surface area contributed by atoms with E-state index in [1.165, 1.54) is 12.4 Å². The molecule has 6 nitrogen and oxygen atoms in total. The van der Waals surface area contributed by atoms with Gasteiger partial charge in [0.25, 0.3) is 0 Å². The summed E-state index contributed by atoms with van der Waals surface area (Å²) in [7, 11) is 0. The summed E-state index contributed by atoms with van der Waals surface area (Å²) in [6, 6.07) is 6.64. The fourth-order valence-corrected chi connectivity index (χ4v) is 2.72. The van der Waals surface area contributed by atoms with Crippen LogP contribution in [-0.2, 0) is 4.74 Å². The number of aryl methyl sites for hydroxylation is 1. The molecule has 9 heteroatoms. The Morgan fingerprint density at radius 2 is 2.12 bits per heavy atom. The number of aromatic nitrogens is 2. The molecule has 0 unspecified atom stereocenters. The van der Waals surface area contributed by atoms with Crippen molar-refractivity contribution in [2.24, 2.45) is 0 Å². The maximum absolute atomic E-state index is 15.0. The minimum absolute atomic E-state index is 0.0182. The molecule has 2 aromatic carbocycles. The summed E-state index contributed by atoms with van der Waals surface area (Å²) in [6.07, 6.45) is 1.36. The standard InChI is InChI=1S/C16H13ClFN5OS/c1-7-4-8(17)2-3-10(7)23-13-9(15(19)24-16(20)25)5-11-14(12(13)18)22-6-21-11/h2-6,19,23H,1H3,(H2,20,25)(H,21,22). The summed E-state index contributed by atoms with van der Waals surface area (Å²) in [4.78, 5) is 6.76. The molecule has 0 spiro atoms. The second-order valence-electron chi connectivity index (χ2n) is 5.23. The van der Waals surface area contributed by atoms with Crippen molar-refractivity contribution in [2.45, 2.75) is 6.92 Å². The molecule has 0 saturated carbocycles. The molecule has 0 amide bonds. The number of nitrogens with one attached hydrogen (secondary N) is 4. The first-order chi connectivity index (χ1) is 11.9. The van der Waals surface area contributed by atoms with E-state index < -0.39 is 16.9 Å². The van der Waals surface area contributed by atoms with Gasteiger partial charge in [-0.05, 0) is 36.8 Å². The van der Waals surface area contributed by atoms with E-state index in [0.717, 1.165) is 5.56 Å². The molecule has 0 aliphatic rings. The van der Waals surface area contributed by atoms with Gasteiger partial charge in [0.1, 0.15) is 5.52 Å². The molecular weight excluding hydrogens is 365 g/mol. The topological polar surface area (TPSA) is 97.6 Å². The zero-order chi connectivity index (χ0) is 18.1. The lowest BCUT2D eigenvalue weighted by molar-refractivity contribution is 0.553. The van der Waals surface area contributed by atoms with Crippen LogP contribution in [0.5, 0.6) is 0 Å². The summed E-state index contributed by atoms with van der Waals surface area (Å²) in [5.74, 6) is -1.05. The van der Waals surface area contributed by atoms with Crippen LogP contribution in [0.1, 0.15) is 11.1 Å². The molecule has 0 fully saturated rings. The molecule has 0 aliphatic heterocycles. The maximum atomic E-state index is 15.0. The van der Waals surface area contributed by atoms with Gasteiger partial charge in [0.05, 0.1) is 23.1 Å². The summed E-state index contributed by atoms with van der Waals surface area (Å²) < 4.78 is 19.9. The number of imidazole rings is 1. The third-order valence-corrected chi connectivity index (χ3v) is 3.87. The second-order valence-corrected chi connectivity index (χ2v) is 6.08. The van der Waals surface area contributed by atoms with Crippen molar-refractivity contribution in [1.29, 1.82) is 10.8 Å². The van der Waals surface area contributed by atoms with Crippen LogP contribution < -0.4 is 5.32 Å². The first kappa shape index (κ1) is 17.2. The van der Waals surface area contributed by atoms with E-state index in [0.29, 0.717) is 16.2 Å². The molecule has 0 saturated heterocycles. The number of halogens is 2. The van der Waals surface area contributed by atoms with Crippen molar-refractivity contribution in [3.8, 4) is 0 Å². The van der Waals surface area contributed by atoms with E-state index in [9.17, 15) is 4.39 Å². The number of ether oxygens (including phenoxy) is 1. The Labute approximate surface area is 152 Å². The molecule has 25 heavy (non-hydrogen) atoms. The predicted molar refractivity (Wildman–Crippen MR) is 100 cm³/mol. The number of fused-ring (bicyclic) bond motifs is 1. The van der Waals surface area contributed by atoms with Crippen molar-refractivity contribution in [1.82, 2.24) is 9.97 Å². The average molecular weight is 378 g/mol. The van der Waals surface area contributed by atoms with Gasteiger partial charge in [-0.1, -0.05) is 24.2 Å². The largest absolute Gasteiger partial charge is 0.415 e. The number of hydrogen-bond acceptors (Lipinski definition) is 5. The number of anilines is 2. The van der Waals surface area contributed by atoms with E-state index >= 15 is 0 Å². The highest BCUT2D eigenvalue weighted by atomic mass is 35.5. The van der Waals surface area contributed by atoms with E-state index in [1.807, 2.05) is 6.92 Å². The zero-order valence-corrected chi connectivity index (χ0v) is 14.6. The Hall–Kier alpha value is -2.58. The number of benzene rings is 2. The van der Waals surface area contributed by atoms with Crippen LogP contribution >= 0.6 is 24.2 Å². The molecular formula is C16H13ClFN5OS. The fraction of sp³-hybridized carbons (Fsp3) is 0.0625. The van der Waals surface area contributed by atoms with E-state index in [-0.39, 0.29) is 16.8 Å². The van der Waals surface area contributed by atoms with Crippen LogP contribution in [0.4, 0.5) is 15.8 Å². The lowest BCUT2D eigenvalue weighted by Crippen LogP contribution is -2.12. The molecule has 0 radical (unpaired) electrons. The predicted octanol–water partition coefficient (Wildman–Crippen LogP) is 4.61. The molecule has 128 valence electrons. The maximum Gasteiger partial charge on any atom is 0.246 e. The highest BCUT2D eigenvalue weighted by molar-refractivity contribution is 7.96. The van der Waals surface area contributed by atoms with Crippen LogP contribution in [-0.4, -0.2) is 21.1 Å². The Morgan fingerprint density at radius 3 is 2.80 bits per heavy atom. The van der Waals surface area contributed by atoms with Crippen LogP contribution in [0.2, 0.25) is 5.02 Å². The third-order valence-electron chi connectivity index (χ3n) is 3.55. The molecule has 1 aromatic heterocycles. The number of rotatable bonds is 3. The number of thiol groups is 1. The van der Waals surface area contributed by atoms with Crippen LogP contribution in [0.25, 0.3) is 11.0 Å². The minimum Gasteiger partial charge on any atom is -0.415 e. The van der Waals surface area contributed by atoms with Crippen LogP contribution in [0.15, 0.2) is 30.6 Å². The quantitative estimate of drug-likeness (QED) is 0.262. The highest BCUT2D eigenvalue weighted by Gasteiger charge is 2.20. The number of hydrogen-bond donors (Lipinski definition) is 5. The SMILES string of the molecule is Cc1cc(Cl)ccc1Nc1c(C(=N)OC(=N)S)cc2[nH]cnc2c1F. The van der Waals surface area contributed by atoms with Crippen molar-refractivity contribution in [2.75, 3.05) is 5.32 Å². The van der Waals surface area contributed by atoms with Crippen LogP contribution in [0, 0.1) is 23.6 Å². The van der Waals surface area contributed by atoms with Gasteiger partial charge in [-0.25, -0.2) is 9.37 Å². The van der Waals surface area contributed by atoms with E-state index in [4.69, 9.17) is 27.2 Å². The van der Waals surface area contributed by atoms with Crippen LogP contribution in [0.3, 0.4) is 0 Å². The van der Waals surface area contributed by atoms with Gasteiger partial charge in [0.15, 0.2) is 5.82 Å². The van der Waals surface area contributed by atoms with Gasteiger partial charge in [-0.15, -0.1) is 0 Å². The smallest absolute Gasteiger partial charge is 0.246 e. The Kier molecular flexibility index (Phi) is 4.65. The molecule has 3 aromatic rings. The number of nitrogens with zero attached hydrogens (tertiary/aromatic N) is 1. The molecule has 0 bridgehead atoms. The molecule has 1 heterocycles. The van der Waals surface area contributed by atoms with E-state index in [2.05, 4.69) is 27.9 Å². The first-order valence-electron chi connectivity index (χ1n) is 7.10. The van der Waals surface area contributed by atoms with Gasteiger partial charge in [-0.2, -0.15) is 0 Å².